The fourth-order valence-corrected chi connectivity index (χ4v) is 5.74. The van der Waals surface area contributed by atoms with E-state index in [0.29, 0.717) is 5.75 Å². The quantitative estimate of drug-likeness (QED) is 0.462. The van der Waals surface area contributed by atoms with E-state index in [1.165, 1.54) is 16.0 Å². The minimum absolute atomic E-state index is 0.145. The molecule has 0 bridgehead atoms. The molecule has 2 aromatic heterocycles. The lowest BCUT2D eigenvalue weighted by atomic mass is 10.1. The Kier molecular flexibility index (Phi) is 4.95. The van der Waals surface area contributed by atoms with Gasteiger partial charge in [0.2, 0.25) is 5.91 Å². The predicted molar refractivity (Wildman–Crippen MR) is 114 cm³/mol. The second kappa shape index (κ2) is 7.24. The van der Waals surface area contributed by atoms with Gasteiger partial charge < -0.3 is 4.90 Å². The zero-order chi connectivity index (χ0) is 19.1. The highest BCUT2D eigenvalue weighted by Gasteiger charge is 2.30. The average Bonchev–Trinajstić information content (AvgIpc) is 3.15. The summed E-state index contributed by atoms with van der Waals surface area (Å²) in [7, 11) is 0. The van der Waals surface area contributed by atoms with E-state index in [1.54, 1.807) is 23.1 Å². The molecule has 140 valence electrons. The van der Waals surface area contributed by atoms with Crippen LogP contribution in [0, 0.1) is 13.8 Å². The number of benzene rings is 1. The van der Waals surface area contributed by atoms with Crippen molar-refractivity contribution in [3.05, 3.63) is 46.1 Å². The smallest absolute Gasteiger partial charge is 0.237 e. The first-order chi connectivity index (χ1) is 13.0. The Morgan fingerprint density at radius 1 is 1.30 bits per heavy atom. The van der Waals surface area contributed by atoms with Crippen molar-refractivity contribution in [1.82, 2.24) is 9.97 Å². The number of nitrogens with zero attached hydrogens (tertiary/aromatic N) is 3. The number of hydrogen-bond donors (Lipinski definition) is 0. The van der Waals surface area contributed by atoms with Crippen molar-refractivity contribution in [1.29, 1.82) is 0 Å². The van der Waals surface area contributed by atoms with Crippen LogP contribution in [0.4, 0.5) is 5.69 Å². The zero-order valence-corrected chi connectivity index (χ0v) is 17.7. The zero-order valence-electron chi connectivity index (χ0n) is 16.1. The molecule has 0 unspecified atom stereocenters. The van der Waals surface area contributed by atoms with Crippen LogP contribution < -0.4 is 4.90 Å². The fourth-order valence-electron chi connectivity index (χ4n) is 3.66. The van der Waals surface area contributed by atoms with Crippen LogP contribution in [0.2, 0.25) is 0 Å². The molecule has 4 nitrogen and oxygen atoms in total. The van der Waals surface area contributed by atoms with Gasteiger partial charge in [-0.2, -0.15) is 0 Å². The molecule has 1 aromatic carbocycles. The molecular formula is C21H23N3OS2. The molecule has 0 aliphatic carbocycles. The lowest BCUT2D eigenvalue weighted by Gasteiger charge is -2.22. The number of carbonyl (C=O) groups is 1. The molecule has 0 saturated heterocycles. The van der Waals surface area contributed by atoms with Crippen LogP contribution in [0.1, 0.15) is 35.7 Å². The number of anilines is 1. The number of aryl methyl sites for hydroxylation is 3. The Morgan fingerprint density at radius 3 is 2.85 bits per heavy atom. The molecule has 1 amide bonds. The Balaban J connectivity index is 1.61. The lowest BCUT2D eigenvalue weighted by Crippen LogP contribution is -2.37. The monoisotopic (exact) mass is 397 g/mol. The van der Waals surface area contributed by atoms with Crippen molar-refractivity contribution in [2.24, 2.45) is 0 Å². The maximum atomic E-state index is 13.0. The van der Waals surface area contributed by atoms with Gasteiger partial charge in [-0.15, -0.1) is 11.3 Å². The molecule has 0 radical (unpaired) electrons. The molecule has 0 fully saturated rings. The third kappa shape index (κ3) is 3.25. The Labute approximate surface area is 168 Å². The SMILES string of the molecule is CCc1nc(SCC(=O)N2c3ccccc3C[C@@H]2C)c2c(C)c(C)sc2n1. The summed E-state index contributed by atoms with van der Waals surface area (Å²) in [4.78, 5) is 26.7. The Morgan fingerprint density at radius 2 is 2.07 bits per heavy atom. The Bertz CT molecular complexity index is 1030. The lowest BCUT2D eigenvalue weighted by molar-refractivity contribution is -0.116. The molecule has 0 saturated carbocycles. The van der Waals surface area contributed by atoms with E-state index >= 15 is 0 Å². The van der Waals surface area contributed by atoms with Gasteiger partial charge in [-0.3, -0.25) is 4.79 Å². The van der Waals surface area contributed by atoms with Gasteiger partial charge >= 0.3 is 0 Å². The first-order valence-electron chi connectivity index (χ1n) is 9.29. The molecule has 1 aliphatic heterocycles. The van der Waals surface area contributed by atoms with Gasteiger partial charge in [-0.25, -0.2) is 9.97 Å². The summed E-state index contributed by atoms with van der Waals surface area (Å²) in [6.07, 6.45) is 1.72. The van der Waals surface area contributed by atoms with Crippen molar-refractivity contribution in [3.8, 4) is 0 Å². The second-order valence-corrected chi connectivity index (χ2v) is 9.16. The second-order valence-electron chi connectivity index (χ2n) is 7.00. The van der Waals surface area contributed by atoms with E-state index in [2.05, 4.69) is 38.7 Å². The van der Waals surface area contributed by atoms with E-state index in [-0.39, 0.29) is 11.9 Å². The molecule has 3 aromatic rings. The minimum atomic E-state index is 0.145. The van der Waals surface area contributed by atoms with Crippen molar-refractivity contribution in [2.75, 3.05) is 10.7 Å². The molecule has 3 heterocycles. The van der Waals surface area contributed by atoms with Crippen LogP contribution in [0.25, 0.3) is 10.2 Å². The van der Waals surface area contributed by atoms with Gasteiger partial charge in [0, 0.05) is 28.4 Å². The standard InChI is InChI=1S/C21H23N3OS2/c1-5-17-22-20(19-13(3)14(4)27-21(19)23-17)26-11-18(25)24-12(2)10-15-8-6-7-9-16(15)24/h6-9,12H,5,10-11H2,1-4H3/t12-/m0/s1. The highest BCUT2D eigenvalue weighted by molar-refractivity contribution is 8.00. The Hall–Kier alpha value is -1.92. The normalized spacial score (nSPS) is 16.1. The molecule has 4 rings (SSSR count). The molecule has 0 spiro atoms. The maximum Gasteiger partial charge on any atom is 0.237 e. The minimum Gasteiger partial charge on any atom is -0.308 e. The third-order valence-electron chi connectivity index (χ3n) is 5.17. The number of rotatable bonds is 4. The molecule has 1 atom stereocenters. The number of hydrogen-bond acceptors (Lipinski definition) is 5. The number of para-hydroxylation sites is 1. The van der Waals surface area contributed by atoms with Gasteiger partial charge in [0.05, 0.1) is 5.75 Å². The fraction of sp³-hybridized carbons (Fsp3) is 0.381. The number of carbonyl (C=O) groups excluding carboxylic acids is 1. The summed E-state index contributed by atoms with van der Waals surface area (Å²) < 4.78 is 0. The molecular weight excluding hydrogens is 374 g/mol. The van der Waals surface area contributed by atoms with Crippen molar-refractivity contribution in [2.45, 2.75) is 51.6 Å². The molecule has 1 aliphatic rings. The van der Waals surface area contributed by atoms with Gasteiger partial charge in [0.15, 0.2) is 0 Å². The predicted octanol–water partition coefficient (Wildman–Crippen LogP) is 4.94. The van der Waals surface area contributed by atoms with Gasteiger partial charge in [0.1, 0.15) is 15.7 Å². The highest BCUT2D eigenvalue weighted by Crippen LogP contribution is 2.36. The van der Waals surface area contributed by atoms with Crippen LogP contribution in [-0.4, -0.2) is 27.7 Å². The number of thioether (sulfide) groups is 1. The van der Waals surface area contributed by atoms with Crippen molar-refractivity contribution >= 4 is 44.9 Å². The summed E-state index contributed by atoms with van der Waals surface area (Å²) in [5.41, 5.74) is 3.54. The van der Waals surface area contributed by atoms with Gasteiger partial charge in [-0.05, 0) is 44.4 Å². The van der Waals surface area contributed by atoms with Crippen LogP contribution in [-0.2, 0) is 17.6 Å². The van der Waals surface area contributed by atoms with E-state index in [0.717, 1.165) is 39.6 Å². The van der Waals surface area contributed by atoms with Gasteiger partial charge in [-0.1, -0.05) is 36.9 Å². The summed E-state index contributed by atoms with van der Waals surface area (Å²) >= 11 is 3.26. The largest absolute Gasteiger partial charge is 0.308 e. The van der Waals surface area contributed by atoms with E-state index in [4.69, 9.17) is 4.98 Å². The first kappa shape index (κ1) is 18.4. The van der Waals surface area contributed by atoms with Gasteiger partial charge in [0.25, 0.3) is 0 Å². The summed E-state index contributed by atoms with van der Waals surface area (Å²) in [6, 6.07) is 8.41. The van der Waals surface area contributed by atoms with E-state index < -0.39 is 0 Å². The highest BCUT2D eigenvalue weighted by atomic mass is 32.2. The average molecular weight is 398 g/mol. The van der Waals surface area contributed by atoms with Crippen LogP contribution in [0.5, 0.6) is 0 Å². The van der Waals surface area contributed by atoms with E-state index in [1.807, 2.05) is 23.1 Å². The van der Waals surface area contributed by atoms with Crippen LogP contribution in [0.15, 0.2) is 29.3 Å². The van der Waals surface area contributed by atoms with Crippen LogP contribution in [0.3, 0.4) is 0 Å². The van der Waals surface area contributed by atoms with Crippen molar-refractivity contribution in [3.63, 3.8) is 0 Å². The first-order valence-corrected chi connectivity index (χ1v) is 11.1. The summed E-state index contributed by atoms with van der Waals surface area (Å²) in [5, 5.41) is 2.05. The number of thiophene rings is 1. The third-order valence-corrected chi connectivity index (χ3v) is 7.23. The number of aromatic nitrogens is 2. The van der Waals surface area contributed by atoms with E-state index in [9.17, 15) is 4.79 Å². The summed E-state index contributed by atoms with van der Waals surface area (Å²) in [6.45, 7) is 8.42. The number of fused-ring (bicyclic) bond motifs is 2. The number of amides is 1. The van der Waals surface area contributed by atoms with Crippen molar-refractivity contribution < 1.29 is 4.79 Å². The topological polar surface area (TPSA) is 46.1 Å². The maximum absolute atomic E-state index is 13.0. The summed E-state index contributed by atoms with van der Waals surface area (Å²) in [5.74, 6) is 1.38. The van der Waals surface area contributed by atoms with Crippen LogP contribution >= 0.6 is 23.1 Å². The molecule has 27 heavy (non-hydrogen) atoms. The molecule has 6 heteroatoms. The molecule has 0 N–H and O–H groups in total.